The molecular formula is C21H19N5O4S. The summed E-state index contributed by atoms with van der Waals surface area (Å²) in [6.45, 7) is 0. The van der Waals surface area contributed by atoms with Crippen molar-refractivity contribution in [1.29, 1.82) is 0 Å². The average molecular weight is 437 g/mol. The Balaban J connectivity index is 1.67. The molecule has 2 N–H and O–H groups in total. The molecule has 31 heavy (non-hydrogen) atoms. The molecular weight excluding hydrogens is 418 g/mol. The maximum Gasteiger partial charge on any atom is 0.331 e. The quantitative estimate of drug-likeness (QED) is 0.240. The van der Waals surface area contributed by atoms with Crippen molar-refractivity contribution in [2.75, 3.05) is 7.11 Å². The van der Waals surface area contributed by atoms with Gasteiger partial charge in [0.2, 0.25) is 0 Å². The molecule has 0 spiro atoms. The van der Waals surface area contributed by atoms with Crippen molar-refractivity contribution in [2.45, 2.75) is 5.75 Å². The second kappa shape index (κ2) is 10.7. The lowest BCUT2D eigenvalue weighted by Gasteiger charge is -2.10. The number of rotatable bonds is 8. The van der Waals surface area contributed by atoms with Crippen LogP contribution in [-0.4, -0.2) is 28.4 Å². The third-order valence-electron chi connectivity index (χ3n) is 3.93. The monoisotopic (exact) mass is 437 g/mol. The fourth-order valence-electron chi connectivity index (χ4n) is 2.47. The van der Waals surface area contributed by atoms with Gasteiger partial charge in [0.05, 0.1) is 18.2 Å². The molecule has 2 aromatic carbocycles. The minimum atomic E-state index is -0.561. The number of amidine groups is 1. The van der Waals surface area contributed by atoms with Crippen molar-refractivity contribution in [3.8, 4) is 17.4 Å². The minimum absolute atomic E-state index is 0.125. The first-order valence-corrected chi connectivity index (χ1v) is 10.0. The van der Waals surface area contributed by atoms with Crippen LogP contribution in [0.5, 0.6) is 17.4 Å². The predicted octanol–water partition coefficient (Wildman–Crippen LogP) is 4.37. The third-order valence-corrected chi connectivity index (χ3v) is 4.79. The van der Waals surface area contributed by atoms with Gasteiger partial charge in [-0.25, -0.2) is 4.98 Å². The standard InChI is InChI=1S/C21H19N5O4S/c1-29-19-12-16(13-24-25-21(22)31-14-15-6-3-2-4-7-15)9-10-18(19)30-20-17(26(27)28)8-5-11-23-20/h2-13H,14H2,1H3,(H2,22,25). The van der Waals surface area contributed by atoms with Crippen LogP contribution >= 0.6 is 11.8 Å². The van der Waals surface area contributed by atoms with E-state index < -0.39 is 4.92 Å². The SMILES string of the molecule is COc1cc(C=NN=C(N)SCc2ccccc2)ccc1Oc1ncccc1[N+](=O)[O-]. The number of pyridine rings is 1. The zero-order valence-corrected chi connectivity index (χ0v) is 17.4. The highest BCUT2D eigenvalue weighted by molar-refractivity contribution is 8.13. The van der Waals surface area contributed by atoms with Crippen LogP contribution < -0.4 is 15.2 Å². The van der Waals surface area contributed by atoms with Crippen LogP contribution in [0.4, 0.5) is 5.69 Å². The van der Waals surface area contributed by atoms with Gasteiger partial charge in [-0.15, -0.1) is 5.10 Å². The zero-order valence-electron chi connectivity index (χ0n) is 16.5. The molecule has 9 nitrogen and oxygen atoms in total. The molecule has 0 unspecified atom stereocenters. The Morgan fingerprint density at radius 2 is 2.00 bits per heavy atom. The second-order valence-electron chi connectivity index (χ2n) is 6.05. The number of hydrogen-bond acceptors (Lipinski definition) is 8. The van der Waals surface area contributed by atoms with Crippen molar-refractivity contribution in [3.05, 3.63) is 88.1 Å². The van der Waals surface area contributed by atoms with E-state index in [1.54, 1.807) is 18.2 Å². The fraction of sp³-hybridized carbons (Fsp3) is 0.0952. The predicted molar refractivity (Wildman–Crippen MR) is 121 cm³/mol. The first-order valence-electron chi connectivity index (χ1n) is 9.05. The van der Waals surface area contributed by atoms with Gasteiger partial charge in [-0.1, -0.05) is 42.1 Å². The van der Waals surface area contributed by atoms with E-state index in [1.165, 1.54) is 43.4 Å². The largest absolute Gasteiger partial charge is 0.493 e. The Morgan fingerprint density at radius 3 is 2.74 bits per heavy atom. The van der Waals surface area contributed by atoms with Gasteiger partial charge in [-0.05, 0) is 35.4 Å². The Hall–Kier alpha value is -3.92. The highest BCUT2D eigenvalue weighted by atomic mass is 32.2. The highest BCUT2D eigenvalue weighted by Crippen LogP contribution is 2.34. The van der Waals surface area contributed by atoms with Crippen LogP contribution in [0.3, 0.4) is 0 Å². The highest BCUT2D eigenvalue weighted by Gasteiger charge is 2.18. The molecule has 158 valence electrons. The van der Waals surface area contributed by atoms with Gasteiger partial charge in [0, 0.05) is 18.0 Å². The number of nitrogens with zero attached hydrogens (tertiary/aromatic N) is 4. The molecule has 0 amide bonds. The van der Waals surface area contributed by atoms with Crippen LogP contribution in [0.25, 0.3) is 0 Å². The Kier molecular flexibility index (Phi) is 7.55. The van der Waals surface area contributed by atoms with Gasteiger partial charge < -0.3 is 15.2 Å². The molecule has 3 rings (SSSR count). The van der Waals surface area contributed by atoms with Crippen molar-refractivity contribution in [1.82, 2.24) is 4.98 Å². The molecule has 0 saturated heterocycles. The summed E-state index contributed by atoms with van der Waals surface area (Å²) in [6, 6.07) is 17.7. The van der Waals surface area contributed by atoms with Crippen molar-refractivity contribution < 1.29 is 14.4 Å². The normalized spacial score (nSPS) is 11.5. The first kappa shape index (κ1) is 21.8. The summed E-state index contributed by atoms with van der Waals surface area (Å²) in [4.78, 5) is 14.5. The summed E-state index contributed by atoms with van der Waals surface area (Å²) in [7, 11) is 1.46. The van der Waals surface area contributed by atoms with Crippen molar-refractivity contribution in [3.63, 3.8) is 0 Å². The number of nitro groups is 1. The molecule has 0 aliphatic heterocycles. The van der Waals surface area contributed by atoms with E-state index in [0.717, 1.165) is 5.56 Å². The van der Waals surface area contributed by atoms with E-state index in [4.69, 9.17) is 15.2 Å². The van der Waals surface area contributed by atoms with Crippen molar-refractivity contribution in [2.24, 2.45) is 15.9 Å². The van der Waals surface area contributed by atoms with Crippen LogP contribution in [-0.2, 0) is 5.75 Å². The number of benzene rings is 2. The van der Waals surface area contributed by atoms with Gasteiger partial charge in [0.1, 0.15) is 0 Å². The number of methoxy groups -OCH3 is 1. The molecule has 10 heteroatoms. The molecule has 1 aromatic heterocycles. The van der Waals surface area contributed by atoms with E-state index in [-0.39, 0.29) is 17.3 Å². The Labute approximate surface area is 182 Å². The molecule has 0 aliphatic rings. The van der Waals surface area contributed by atoms with E-state index in [9.17, 15) is 10.1 Å². The van der Waals surface area contributed by atoms with Crippen LogP contribution in [0.15, 0.2) is 77.1 Å². The number of thioether (sulfide) groups is 1. The number of ether oxygens (including phenoxy) is 2. The molecule has 1 heterocycles. The Bertz CT molecular complexity index is 1110. The maximum atomic E-state index is 11.1. The van der Waals surface area contributed by atoms with Crippen molar-refractivity contribution >= 4 is 28.8 Å². The summed E-state index contributed by atoms with van der Waals surface area (Å²) in [5, 5.41) is 19.5. The third kappa shape index (κ3) is 6.28. The lowest BCUT2D eigenvalue weighted by Crippen LogP contribution is -2.06. The average Bonchev–Trinajstić information content (AvgIpc) is 2.79. The maximum absolute atomic E-state index is 11.1. The molecule has 0 saturated carbocycles. The lowest BCUT2D eigenvalue weighted by molar-refractivity contribution is -0.386. The second-order valence-corrected chi connectivity index (χ2v) is 7.05. The van der Waals surface area contributed by atoms with Gasteiger partial charge in [0.25, 0.3) is 5.88 Å². The van der Waals surface area contributed by atoms with Crippen LogP contribution in [0.1, 0.15) is 11.1 Å². The molecule has 0 radical (unpaired) electrons. The Morgan fingerprint density at radius 1 is 1.19 bits per heavy atom. The van der Waals surface area contributed by atoms with E-state index in [1.807, 2.05) is 30.3 Å². The number of hydrogen-bond donors (Lipinski definition) is 1. The van der Waals surface area contributed by atoms with E-state index >= 15 is 0 Å². The zero-order chi connectivity index (χ0) is 22.1. The van der Waals surface area contributed by atoms with Gasteiger partial charge in [-0.2, -0.15) is 5.10 Å². The fourth-order valence-corrected chi connectivity index (χ4v) is 3.08. The molecule has 0 bridgehead atoms. The summed E-state index contributed by atoms with van der Waals surface area (Å²) in [5.41, 5.74) is 7.47. The molecule has 0 atom stereocenters. The topological polar surface area (TPSA) is 125 Å². The summed E-state index contributed by atoms with van der Waals surface area (Å²) in [5.74, 6) is 1.22. The summed E-state index contributed by atoms with van der Waals surface area (Å²) in [6.07, 6.45) is 2.93. The smallest absolute Gasteiger partial charge is 0.331 e. The minimum Gasteiger partial charge on any atom is -0.493 e. The van der Waals surface area contributed by atoms with Gasteiger partial charge in [0.15, 0.2) is 16.7 Å². The summed E-state index contributed by atoms with van der Waals surface area (Å²) >= 11 is 1.39. The molecule has 3 aromatic rings. The first-order chi connectivity index (χ1) is 15.1. The van der Waals surface area contributed by atoms with E-state index in [0.29, 0.717) is 22.2 Å². The molecule has 0 aliphatic carbocycles. The number of nitrogens with two attached hydrogens (primary N) is 1. The lowest BCUT2D eigenvalue weighted by atomic mass is 10.2. The van der Waals surface area contributed by atoms with Gasteiger partial charge >= 0.3 is 5.69 Å². The van der Waals surface area contributed by atoms with Gasteiger partial charge in [-0.3, -0.25) is 10.1 Å². The van der Waals surface area contributed by atoms with Crippen LogP contribution in [0.2, 0.25) is 0 Å². The number of aromatic nitrogens is 1. The van der Waals surface area contributed by atoms with Crippen LogP contribution in [0, 0.1) is 10.1 Å². The van der Waals surface area contributed by atoms with E-state index in [2.05, 4.69) is 15.2 Å². The molecule has 0 fully saturated rings. The summed E-state index contributed by atoms with van der Waals surface area (Å²) < 4.78 is 10.9.